The number of aromatic nitrogens is 2. The van der Waals surface area contributed by atoms with Gasteiger partial charge in [-0.05, 0) is 77.4 Å². The van der Waals surface area contributed by atoms with Crippen LogP contribution in [0.25, 0.3) is 77.2 Å². The fraction of sp³-hybridized carbons (Fsp3) is 0. The second-order valence-corrected chi connectivity index (χ2v) is 12.3. The van der Waals surface area contributed by atoms with Gasteiger partial charge in [-0.15, -0.1) is 0 Å². The monoisotopic (exact) mass is 635 g/mol. The molecule has 9 aromatic rings. The molecule has 5 heteroatoms. The summed E-state index contributed by atoms with van der Waals surface area (Å²) in [5.74, 6) is 0. The lowest BCUT2D eigenvalue weighted by atomic mass is 9.93. The van der Waals surface area contributed by atoms with Crippen molar-refractivity contribution in [2.75, 3.05) is 0 Å². The van der Waals surface area contributed by atoms with Crippen molar-refractivity contribution in [3.8, 4) is 51.8 Å². The Bertz CT molecular complexity index is 2900. The SMILES string of the molecule is N#Cc1ccc2c(c1)c1ccccc1n2-c1cccc(-c2ccc(-c3c(-n4c5ccccc5c5ccccc54)ccc(C#N)c3C#N)cc2)c1. The number of nitrogens with zero attached hydrogens (tertiary/aromatic N) is 5. The predicted molar refractivity (Wildman–Crippen MR) is 200 cm³/mol. The molecule has 0 unspecified atom stereocenters. The number of hydrogen-bond donors (Lipinski definition) is 0. The van der Waals surface area contributed by atoms with Crippen LogP contribution < -0.4 is 0 Å². The third-order valence-electron chi connectivity index (χ3n) is 9.65. The van der Waals surface area contributed by atoms with E-state index >= 15 is 0 Å². The maximum absolute atomic E-state index is 10.4. The summed E-state index contributed by atoms with van der Waals surface area (Å²) in [6, 6.07) is 58.0. The van der Waals surface area contributed by atoms with Crippen molar-refractivity contribution in [1.82, 2.24) is 9.13 Å². The molecule has 5 nitrogen and oxygen atoms in total. The molecule has 0 aliphatic heterocycles. The summed E-state index contributed by atoms with van der Waals surface area (Å²) in [4.78, 5) is 0. The number of para-hydroxylation sites is 3. The summed E-state index contributed by atoms with van der Waals surface area (Å²) in [7, 11) is 0. The van der Waals surface area contributed by atoms with Crippen LogP contribution in [0.2, 0.25) is 0 Å². The summed E-state index contributed by atoms with van der Waals surface area (Å²) in [6.45, 7) is 0. The van der Waals surface area contributed by atoms with Crippen molar-refractivity contribution in [3.63, 3.8) is 0 Å². The minimum Gasteiger partial charge on any atom is -0.309 e. The van der Waals surface area contributed by atoms with Crippen molar-refractivity contribution in [3.05, 3.63) is 168 Å². The molecule has 0 N–H and O–H groups in total. The minimum atomic E-state index is 0.344. The summed E-state index contributed by atoms with van der Waals surface area (Å²) < 4.78 is 4.44. The molecule has 0 spiro atoms. The van der Waals surface area contributed by atoms with Gasteiger partial charge in [0.1, 0.15) is 12.1 Å². The number of rotatable bonds is 4. The molecule has 50 heavy (non-hydrogen) atoms. The van der Waals surface area contributed by atoms with Crippen LogP contribution in [0.4, 0.5) is 0 Å². The van der Waals surface area contributed by atoms with E-state index in [1.165, 1.54) is 0 Å². The van der Waals surface area contributed by atoms with Gasteiger partial charge < -0.3 is 9.13 Å². The predicted octanol–water partition coefficient (Wildman–Crippen LogP) is 10.8. The van der Waals surface area contributed by atoms with Crippen LogP contribution in [-0.2, 0) is 0 Å². The Hall–Kier alpha value is -7.39. The topological polar surface area (TPSA) is 81.2 Å². The Morgan fingerprint density at radius 1 is 0.400 bits per heavy atom. The first-order valence-corrected chi connectivity index (χ1v) is 16.3. The van der Waals surface area contributed by atoms with Gasteiger partial charge in [0.25, 0.3) is 0 Å². The van der Waals surface area contributed by atoms with Crippen LogP contribution in [0.15, 0.2) is 152 Å². The van der Waals surface area contributed by atoms with Crippen LogP contribution in [-0.4, -0.2) is 9.13 Å². The molecule has 0 saturated carbocycles. The second kappa shape index (κ2) is 11.4. The van der Waals surface area contributed by atoms with Gasteiger partial charge in [-0.1, -0.05) is 91.0 Å². The molecule has 0 aliphatic rings. The molecule has 230 valence electrons. The van der Waals surface area contributed by atoms with Crippen molar-refractivity contribution < 1.29 is 0 Å². The number of nitriles is 3. The Morgan fingerprint density at radius 2 is 1.00 bits per heavy atom. The Labute approximate surface area is 287 Å². The van der Waals surface area contributed by atoms with Gasteiger partial charge in [0.2, 0.25) is 0 Å². The fourth-order valence-corrected chi connectivity index (χ4v) is 7.44. The molecule has 0 aliphatic carbocycles. The van der Waals surface area contributed by atoms with Gasteiger partial charge in [0.05, 0.1) is 50.5 Å². The summed E-state index contributed by atoms with van der Waals surface area (Å²) in [5.41, 5.74) is 11.0. The molecule has 0 atom stereocenters. The van der Waals surface area contributed by atoms with E-state index < -0.39 is 0 Å². The van der Waals surface area contributed by atoms with E-state index in [1.807, 2.05) is 72.8 Å². The van der Waals surface area contributed by atoms with Crippen molar-refractivity contribution in [2.24, 2.45) is 0 Å². The van der Waals surface area contributed by atoms with E-state index in [0.717, 1.165) is 77.2 Å². The van der Waals surface area contributed by atoms with Crippen LogP contribution in [0.3, 0.4) is 0 Å². The molecule has 0 saturated heterocycles. The quantitative estimate of drug-likeness (QED) is 0.193. The molecule has 2 heterocycles. The highest BCUT2D eigenvalue weighted by Crippen LogP contribution is 2.40. The Kier molecular flexibility index (Phi) is 6.56. The first kappa shape index (κ1) is 28.8. The molecule has 7 aromatic carbocycles. The first-order valence-electron chi connectivity index (χ1n) is 16.3. The standard InChI is InChI=1S/C45H25N5/c46-26-29-16-22-43-38(24-29)37-12-3-4-13-40(37)49(43)34-9-7-8-32(25-34)30-17-19-31(20-18-30)45-39(28-48)33(27-47)21-23-44(45)50-41-14-5-1-10-35(41)36-11-2-6-15-42(36)50/h1-25H. The zero-order valence-corrected chi connectivity index (χ0v) is 26.7. The van der Waals surface area contributed by atoms with Crippen LogP contribution in [0.1, 0.15) is 16.7 Å². The second-order valence-electron chi connectivity index (χ2n) is 12.3. The zero-order valence-electron chi connectivity index (χ0n) is 26.7. The number of benzene rings is 7. The lowest BCUT2D eigenvalue weighted by Crippen LogP contribution is -2.01. The van der Waals surface area contributed by atoms with Gasteiger partial charge in [0.15, 0.2) is 0 Å². The summed E-state index contributed by atoms with van der Waals surface area (Å²) >= 11 is 0. The highest BCUT2D eigenvalue weighted by atomic mass is 15.0. The van der Waals surface area contributed by atoms with Crippen LogP contribution >= 0.6 is 0 Å². The van der Waals surface area contributed by atoms with Crippen LogP contribution in [0, 0.1) is 34.0 Å². The Balaban J connectivity index is 1.20. The van der Waals surface area contributed by atoms with Crippen molar-refractivity contribution in [1.29, 1.82) is 15.8 Å². The van der Waals surface area contributed by atoms with Crippen molar-refractivity contribution in [2.45, 2.75) is 0 Å². The lowest BCUT2D eigenvalue weighted by molar-refractivity contribution is 1.18. The van der Waals surface area contributed by atoms with E-state index in [1.54, 1.807) is 6.07 Å². The number of fused-ring (bicyclic) bond motifs is 6. The fourth-order valence-electron chi connectivity index (χ4n) is 7.44. The lowest BCUT2D eigenvalue weighted by Gasteiger charge is -2.17. The van der Waals surface area contributed by atoms with Gasteiger partial charge >= 0.3 is 0 Å². The first-order chi connectivity index (χ1) is 24.7. The van der Waals surface area contributed by atoms with E-state index in [9.17, 15) is 15.8 Å². The third-order valence-corrected chi connectivity index (χ3v) is 9.65. The van der Waals surface area contributed by atoms with E-state index in [0.29, 0.717) is 16.7 Å². The molecule has 0 amide bonds. The van der Waals surface area contributed by atoms with Gasteiger partial charge in [0, 0.05) is 32.8 Å². The maximum Gasteiger partial charge on any atom is 0.101 e. The van der Waals surface area contributed by atoms with Crippen LogP contribution in [0.5, 0.6) is 0 Å². The minimum absolute atomic E-state index is 0.344. The maximum atomic E-state index is 10.4. The van der Waals surface area contributed by atoms with E-state index in [-0.39, 0.29) is 0 Å². The molecule has 0 fully saturated rings. The highest BCUT2D eigenvalue weighted by molar-refractivity contribution is 6.11. The summed E-state index contributed by atoms with van der Waals surface area (Å²) in [5, 5.41) is 34.4. The molecule has 0 radical (unpaired) electrons. The average Bonchev–Trinajstić information content (AvgIpc) is 3.70. The smallest absolute Gasteiger partial charge is 0.101 e. The summed E-state index contributed by atoms with van der Waals surface area (Å²) in [6.07, 6.45) is 0. The van der Waals surface area contributed by atoms with Crippen molar-refractivity contribution >= 4 is 43.6 Å². The largest absolute Gasteiger partial charge is 0.309 e. The zero-order chi connectivity index (χ0) is 33.8. The van der Waals surface area contributed by atoms with Gasteiger partial charge in [-0.25, -0.2) is 0 Å². The average molecular weight is 636 g/mol. The van der Waals surface area contributed by atoms with Gasteiger partial charge in [-0.3, -0.25) is 0 Å². The Morgan fingerprint density at radius 3 is 1.64 bits per heavy atom. The molecular weight excluding hydrogens is 611 g/mol. The highest BCUT2D eigenvalue weighted by Gasteiger charge is 2.21. The molecular formula is C45H25N5. The number of hydrogen-bond acceptors (Lipinski definition) is 3. The van der Waals surface area contributed by atoms with E-state index in [2.05, 4.69) is 100 Å². The normalized spacial score (nSPS) is 11.1. The third kappa shape index (κ3) is 4.31. The van der Waals surface area contributed by atoms with E-state index in [4.69, 9.17) is 0 Å². The molecule has 9 rings (SSSR count). The van der Waals surface area contributed by atoms with Gasteiger partial charge in [-0.2, -0.15) is 15.8 Å². The molecule has 0 bridgehead atoms. The molecule has 2 aromatic heterocycles.